The van der Waals surface area contributed by atoms with Crippen LogP contribution in [0.25, 0.3) is 22.4 Å². The van der Waals surface area contributed by atoms with Gasteiger partial charge in [0.15, 0.2) is 5.65 Å². The Morgan fingerprint density at radius 1 is 1.10 bits per heavy atom. The van der Waals surface area contributed by atoms with E-state index in [1.807, 2.05) is 16.8 Å². The summed E-state index contributed by atoms with van der Waals surface area (Å²) in [5.74, 6) is -1.46. The highest BCUT2D eigenvalue weighted by Gasteiger charge is 2.40. The Morgan fingerprint density at radius 3 is 2.55 bits per heavy atom. The summed E-state index contributed by atoms with van der Waals surface area (Å²) in [7, 11) is 3.61. The van der Waals surface area contributed by atoms with Crippen molar-refractivity contribution in [3.05, 3.63) is 59.2 Å². The molecule has 1 saturated heterocycles. The van der Waals surface area contributed by atoms with E-state index in [1.54, 1.807) is 31.5 Å². The van der Waals surface area contributed by atoms with Crippen LogP contribution in [0.4, 0.5) is 24.8 Å². The van der Waals surface area contributed by atoms with Crippen molar-refractivity contribution in [1.29, 1.82) is 0 Å². The number of carbonyl (C=O) groups excluding carboxylic acids is 1. The van der Waals surface area contributed by atoms with Gasteiger partial charge in [-0.25, -0.2) is 4.98 Å². The highest BCUT2D eigenvalue weighted by molar-refractivity contribution is 6.03. The van der Waals surface area contributed by atoms with Crippen molar-refractivity contribution in [2.75, 3.05) is 44.1 Å². The van der Waals surface area contributed by atoms with E-state index in [4.69, 9.17) is 4.74 Å². The van der Waals surface area contributed by atoms with Crippen LogP contribution < -0.4 is 10.2 Å². The fourth-order valence-electron chi connectivity index (χ4n) is 7.73. The van der Waals surface area contributed by atoms with Gasteiger partial charge in [0.25, 0.3) is 5.91 Å². The Labute approximate surface area is 292 Å². The lowest BCUT2D eigenvalue weighted by Crippen LogP contribution is -2.37. The molecule has 1 unspecified atom stereocenters. The lowest BCUT2D eigenvalue weighted by Gasteiger charge is -2.34. The molecule has 0 aromatic carbocycles. The van der Waals surface area contributed by atoms with Gasteiger partial charge in [-0.1, -0.05) is 18.9 Å². The third kappa shape index (κ3) is 7.40. The molecule has 2 aliphatic carbocycles. The maximum absolute atomic E-state index is 14.2. The maximum Gasteiger partial charge on any atom is 0.418 e. The minimum atomic E-state index is -4.56. The van der Waals surface area contributed by atoms with Gasteiger partial charge in [-0.05, 0) is 68.8 Å². The standard InChI is InChI=1S/C36H41F3N8O4/c1-46(19-35(20-51-2)11-3-4-12-35)28-15-26(23-14-24(36(37,38)39)29(41-17-23)22-8-9-22)42-31-30(28)43-34(44-31)45-32(48)25-10-7-21(16-40-25)18-47-13-5-6-27(47)33(49)50/h7,10,14-17,22,27H,3-6,8-9,11-13,18-20H2,1-2H3,(H,49,50)(H2,42,43,44,45,48). The van der Waals surface area contributed by atoms with Gasteiger partial charge in [-0.2, -0.15) is 18.2 Å². The van der Waals surface area contributed by atoms with Crippen LogP contribution in [0.3, 0.4) is 0 Å². The van der Waals surface area contributed by atoms with Crippen molar-refractivity contribution in [3.8, 4) is 11.3 Å². The number of H-pyrrole nitrogens is 1. The number of fused-ring (bicyclic) bond motifs is 1. The molecule has 7 rings (SSSR count). The number of alkyl halides is 3. The van der Waals surface area contributed by atoms with Crippen LogP contribution in [-0.4, -0.2) is 86.7 Å². The molecule has 1 amide bonds. The summed E-state index contributed by atoms with van der Waals surface area (Å²) in [5.41, 5.74) is 2.04. The van der Waals surface area contributed by atoms with E-state index >= 15 is 0 Å². The number of amides is 1. The molecule has 0 bridgehead atoms. The third-order valence-electron chi connectivity index (χ3n) is 10.3. The number of anilines is 2. The number of aliphatic carboxylic acids is 1. The molecular weight excluding hydrogens is 665 g/mol. The summed E-state index contributed by atoms with van der Waals surface area (Å²) in [6.45, 7) is 2.30. The maximum atomic E-state index is 14.2. The summed E-state index contributed by atoms with van der Waals surface area (Å²) in [6, 6.07) is 5.65. The first-order chi connectivity index (χ1) is 24.4. The molecule has 51 heavy (non-hydrogen) atoms. The number of ether oxygens (including phenoxy) is 1. The molecule has 2 saturated carbocycles. The average Bonchev–Trinajstić information content (AvgIpc) is 3.44. The number of rotatable bonds is 12. The van der Waals surface area contributed by atoms with Gasteiger partial charge >= 0.3 is 12.1 Å². The third-order valence-corrected chi connectivity index (χ3v) is 10.3. The molecule has 4 aromatic heterocycles. The van der Waals surface area contributed by atoms with Crippen LogP contribution in [0, 0.1) is 5.41 Å². The van der Waals surface area contributed by atoms with Crippen molar-refractivity contribution in [1.82, 2.24) is 29.8 Å². The summed E-state index contributed by atoms with van der Waals surface area (Å²) in [5, 5.41) is 12.2. The number of nitrogens with one attached hydrogen (secondary N) is 2. The first-order valence-corrected chi connectivity index (χ1v) is 17.3. The van der Waals surface area contributed by atoms with Crippen molar-refractivity contribution in [3.63, 3.8) is 0 Å². The van der Waals surface area contributed by atoms with Crippen LogP contribution in [0.5, 0.6) is 0 Å². The Kier molecular flexibility index (Phi) is 9.44. The zero-order valence-corrected chi connectivity index (χ0v) is 28.6. The topological polar surface area (TPSA) is 149 Å². The second-order valence-electron chi connectivity index (χ2n) is 14.2. The second-order valence-corrected chi connectivity index (χ2v) is 14.2. The molecule has 3 fully saturated rings. The molecular formula is C36H41F3N8O4. The fraction of sp³-hybridized carbons (Fsp3) is 0.500. The number of aromatic nitrogens is 5. The number of likely N-dealkylation sites (tertiary alicyclic amines) is 1. The first-order valence-electron chi connectivity index (χ1n) is 17.3. The Hall–Kier alpha value is -4.63. The summed E-state index contributed by atoms with van der Waals surface area (Å²) in [6.07, 6.45) is 5.37. The molecule has 15 heteroatoms. The minimum Gasteiger partial charge on any atom is -0.480 e. The van der Waals surface area contributed by atoms with Gasteiger partial charge in [-0.15, -0.1) is 0 Å². The van der Waals surface area contributed by atoms with Gasteiger partial charge in [0.1, 0.15) is 17.3 Å². The van der Waals surface area contributed by atoms with E-state index in [9.17, 15) is 27.9 Å². The average molecular weight is 707 g/mol. The van der Waals surface area contributed by atoms with Crippen molar-refractivity contribution < 1.29 is 32.6 Å². The number of methoxy groups -OCH3 is 1. The monoisotopic (exact) mass is 706 g/mol. The van der Waals surface area contributed by atoms with Crippen LogP contribution in [0.15, 0.2) is 36.7 Å². The largest absolute Gasteiger partial charge is 0.480 e. The molecule has 1 aliphatic heterocycles. The van der Waals surface area contributed by atoms with Crippen molar-refractivity contribution in [2.45, 2.75) is 76.0 Å². The van der Waals surface area contributed by atoms with Crippen LogP contribution >= 0.6 is 0 Å². The quantitative estimate of drug-likeness (QED) is 0.154. The van der Waals surface area contributed by atoms with E-state index in [1.165, 1.54) is 6.20 Å². The van der Waals surface area contributed by atoms with E-state index in [0.29, 0.717) is 56.7 Å². The lowest BCUT2D eigenvalue weighted by atomic mass is 9.86. The van der Waals surface area contributed by atoms with Gasteiger partial charge < -0.3 is 19.7 Å². The number of hydrogen-bond acceptors (Lipinski definition) is 9. The number of pyridine rings is 3. The van der Waals surface area contributed by atoms with Gasteiger partial charge in [0, 0.05) is 56.5 Å². The van der Waals surface area contributed by atoms with Crippen LogP contribution in [0.2, 0.25) is 0 Å². The second kappa shape index (κ2) is 13.8. The van der Waals surface area contributed by atoms with Gasteiger partial charge in [0.05, 0.1) is 29.2 Å². The highest BCUT2D eigenvalue weighted by atomic mass is 19.4. The zero-order valence-electron chi connectivity index (χ0n) is 28.6. The number of carboxylic acids is 1. The molecule has 0 radical (unpaired) electrons. The number of hydrogen-bond donors (Lipinski definition) is 3. The zero-order chi connectivity index (χ0) is 35.9. The van der Waals surface area contributed by atoms with E-state index in [-0.39, 0.29) is 45.6 Å². The normalized spacial score (nSPS) is 19.1. The Bertz CT molecular complexity index is 1920. The molecule has 5 heterocycles. The van der Waals surface area contributed by atoms with Gasteiger partial charge in [-0.3, -0.25) is 29.8 Å². The summed E-state index contributed by atoms with van der Waals surface area (Å²) in [4.78, 5) is 49.7. The number of carboxylic acid groups (broad SMARTS) is 1. The minimum absolute atomic E-state index is 0.0688. The number of nitrogens with zero attached hydrogens (tertiary/aromatic N) is 6. The van der Waals surface area contributed by atoms with E-state index in [0.717, 1.165) is 43.7 Å². The van der Waals surface area contributed by atoms with Crippen LogP contribution in [-0.2, 0) is 22.3 Å². The Balaban J connectivity index is 1.19. The predicted molar refractivity (Wildman–Crippen MR) is 183 cm³/mol. The van der Waals surface area contributed by atoms with E-state index < -0.39 is 29.7 Å². The molecule has 3 aliphatic rings. The number of aromatic amines is 1. The fourth-order valence-corrected chi connectivity index (χ4v) is 7.73. The molecule has 3 N–H and O–H groups in total. The first kappa shape index (κ1) is 34.8. The predicted octanol–water partition coefficient (Wildman–Crippen LogP) is 6.26. The number of imidazole rings is 1. The van der Waals surface area contributed by atoms with Crippen molar-refractivity contribution >= 4 is 34.7 Å². The molecule has 12 nitrogen and oxygen atoms in total. The summed E-state index contributed by atoms with van der Waals surface area (Å²) >= 11 is 0. The smallest absolute Gasteiger partial charge is 0.418 e. The van der Waals surface area contributed by atoms with Crippen LogP contribution in [0.1, 0.15) is 84.6 Å². The SMILES string of the molecule is COCC1(CN(C)c2cc(-c3cnc(C4CC4)c(C(F)(F)F)c3)nc3nc(NC(=O)c4ccc(CN5CCCC5C(=O)O)cn4)[nH]c23)CCCC1. The van der Waals surface area contributed by atoms with Gasteiger partial charge in [0.2, 0.25) is 5.95 Å². The van der Waals surface area contributed by atoms with E-state index in [2.05, 4.69) is 30.2 Å². The highest BCUT2D eigenvalue weighted by Crippen LogP contribution is 2.46. The summed E-state index contributed by atoms with van der Waals surface area (Å²) < 4.78 is 48.2. The van der Waals surface area contributed by atoms with Crippen molar-refractivity contribution in [2.24, 2.45) is 5.41 Å². The lowest BCUT2D eigenvalue weighted by molar-refractivity contribution is -0.142. The number of halogens is 3. The molecule has 4 aromatic rings. The Morgan fingerprint density at radius 2 is 1.88 bits per heavy atom. The molecule has 0 spiro atoms. The molecule has 270 valence electrons. The molecule has 1 atom stereocenters. The number of carbonyl (C=O) groups is 2.